The van der Waals surface area contributed by atoms with Crippen molar-refractivity contribution in [2.45, 2.75) is 13.0 Å². The van der Waals surface area contributed by atoms with Crippen molar-refractivity contribution in [2.75, 3.05) is 0 Å². The molecule has 28 heavy (non-hydrogen) atoms. The Morgan fingerprint density at radius 3 is 2.68 bits per heavy atom. The molecule has 0 unspecified atom stereocenters. The van der Waals surface area contributed by atoms with Crippen LogP contribution in [0.5, 0.6) is 0 Å². The molecule has 140 valence electrons. The quantitative estimate of drug-likeness (QED) is 0.398. The fourth-order valence-electron chi connectivity index (χ4n) is 2.61. The molecule has 0 amide bonds. The predicted octanol–water partition coefficient (Wildman–Crippen LogP) is 5.40. The van der Waals surface area contributed by atoms with Crippen LogP contribution in [0.3, 0.4) is 0 Å². The molecular formula is C21H15ClN2O3S. The van der Waals surface area contributed by atoms with E-state index in [1.807, 2.05) is 60.0 Å². The Morgan fingerprint density at radius 2 is 1.86 bits per heavy atom. The minimum Gasteiger partial charge on any atom is -0.459 e. The van der Waals surface area contributed by atoms with Crippen molar-refractivity contribution in [3.05, 3.63) is 82.5 Å². The van der Waals surface area contributed by atoms with Crippen molar-refractivity contribution >= 4 is 28.9 Å². The third-order valence-corrected chi connectivity index (χ3v) is 5.12. The number of rotatable bonds is 6. The van der Waals surface area contributed by atoms with E-state index in [0.717, 1.165) is 16.1 Å². The van der Waals surface area contributed by atoms with Gasteiger partial charge < -0.3 is 9.26 Å². The van der Waals surface area contributed by atoms with Crippen molar-refractivity contribution in [2.24, 2.45) is 0 Å². The summed E-state index contributed by atoms with van der Waals surface area (Å²) in [5.74, 6) is 0.268. The minimum atomic E-state index is -0.368. The fourth-order valence-corrected chi connectivity index (χ4v) is 3.62. The first-order chi connectivity index (χ1) is 13.7. The summed E-state index contributed by atoms with van der Waals surface area (Å²) in [6.45, 7) is 0.0560. The zero-order valence-corrected chi connectivity index (χ0v) is 16.2. The zero-order chi connectivity index (χ0) is 19.3. The van der Waals surface area contributed by atoms with E-state index in [-0.39, 0.29) is 19.0 Å². The fraction of sp³-hybridized carbons (Fsp3) is 0.0952. The normalized spacial score (nSPS) is 10.8. The molecule has 4 aromatic rings. The van der Waals surface area contributed by atoms with E-state index in [1.165, 1.54) is 11.3 Å². The van der Waals surface area contributed by atoms with Crippen LogP contribution < -0.4 is 0 Å². The second-order valence-corrected chi connectivity index (χ2v) is 7.33. The number of carbonyl (C=O) groups excluding carboxylic acids is 1. The van der Waals surface area contributed by atoms with Crippen molar-refractivity contribution < 1.29 is 14.1 Å². The topological polar surface area (TPSA) is 65.2 Å². The van der Waals surface area contributed by atoms with E-state index < -0.39 is 0 Å². The van der Waals surface area contributed by atoms with Crippen LogP contribution in [0.1, 0.15) is 11.4 Å². The Bertz CT molecular complexity index is 1090. The molecule has 0 fully saturated rings. The van der Waals surface area contributed by atoms with Gasteiger partial charge in [0, 0.05) is 27.6 Å². The summed E-state index contributed by atoms with van der Waals surface area (Å²) >= 11 is 7.48. The molecule has 0 aliphatic rings. The highest BCUT2D eigenvalue weighted by Gasteiger charge is 2.12. The highest BCUT2D eigenvalue weighted by molar-refractivity contribution is 7.13. The Labute approximate surface area is 170 Å². The number of nitrogens with zero attached hydrogens (tertiary/aromatic N) is 2. The summed E-state index contributed by atoms with van der Waals surface area (Å²) in [6.07, 6.45) is 0.0977. The maximum Gasteiger partial charge on any atom is 0.312 e. The van der Waals surface area contributed by atoms with E-state index in [1.54, 1.807) is 6.07 Å². The number of halogens is 1. The zero-order valence-electron chi connectivity index (χ0n) is 14.7. The van der Waals surface area contributed by atoms with E-state index in [9.17, 15) is 4.79 Å². The third-order valence-electron chi connectivity index (χ3n) is 3.95. The van der Waals surface area contributed by atoms with Gasteiger partial charge in [-0.25, -0.2) is 4.98 Å². The van der Waals surface area contributed by atoms with Crippen LogP contribution >= 0.6 is 22.9 Å². The maximum atomic E-state index is 12.1. The van der Waals surface area contributed by atoms with Gasteiger partial charge in [-0.2, -0.15) is 0 Å². The van der Waals surface area contributed by atoms with Gasteiger partial charge in [0.25, 0.3) is 0 Å². The molecule has 2 aromatic carbocycles. The lowest BCUT2D eigenvalue weighted by Crippen LogP contribution is -2.08. The summed E-state index contributed by atoms with van der Waals surface area (Å²) in [4.78, 5) is 16.6. The molecule has 0 saturated carbocycles. The highest BCUT2D eigenvalue weighted by atomic mass is 35.5. The highest BCUT2D eigenvalue weighted by Crippen LogP contribution is 2.26. The van der Waals surface area contributed by atoms with Crippen LogP contribution in [0, 0.1) is 0 Å². The van der Waals surface area contributed by atoms with Crippen LogP contribution in [0.4, 0.5) is 0 Å². The predicted molar refractivity (Wildman–Crippen MR) is 108 cm³/mol. The second-order valence-electron chi connectivity index (χ2n) is 6.04. The van der Waals surface area contributed by atoms with E-state index in [4.69, 9.17) is 20.9 Å². The van der Waals surface area contributed by atoms with Gasteiger partial charge in [-0.15, -0.1) is 11.3 Å². The first kappa shape index (κ1) is 18.4. The van der Waals surface area contributed by atoms with Crippen LogP contribution in [-0.4, -0.2) is 16.1 Å². The molecule has 7 heteroatoms. The summed E-state index contributed by atoms with van der Waals surface area (Å²) in [5, 5.41) is 7.26. The number of aromatic nitrogens is 2. The number of thiazole rings is 1. The smallest absolute Gasteiger partial charge is 0.312 e. The molecule has 0 aliphatic heterocycles. The van der Waals surface area contributed by atoms with Gasteiger partial charge in [0.05, 0.1) is 12.1 Å². The van der Waals surface area contributed by atoms with Crippen LogP contribution in [-0.2, 0) is 22.6 Å². The molecule has 4 rings (SSSR count). The molecule has 0 radical (unpaired) electrons. The van der Waals surface area contributed by atoms with Crippen LogP contribution in [0.2, 0.25) is 5.02 Å². The van der Waals surface area contributed by atoms with Gasteiger partial charge in [0.15, 0.2) is 5.76 Å². The van der Waals surface area contributed by atoms with Gasteiger partial charge in [0.1, 0.15) is 17.3 Å². The average molecular weight is 411 g/mol. The lowest BCUT2D eigenvalue weighted by molar-refractivity contribution is -0.144. The molecule has 0 atom stereocenters. The van der Waals surface area contributed by atoms with Crippen molar-refractivity contribution in [3.8, 4) is 21.9 Å². The Balaban J connectivity index is 1.34. The number of hydrogen-bond acceptors (Lipinski definition) is 6. The van der Waals surface area contributed by atoms with Gasteiger partial charge in [-0.1, -0.05) is 59.2 Å². The Morgan fingerprint density at radius 1 is 1.04 bits per heavy atom. The number of hydrogen-bond donors (Lipinski definition) is 0. The maximum absolute atomic E-state index is 12.1. The standard InChI is InChI=1S/C21H15ClN2O3S/c22-16-8-4-7-15(9-16)21-23-18(13-28-21)11-20(25)26-12-17-10-19(27-24-17)14-5-2-1-3-6-14/h1-10,13H,11-12H2. The van der Waals surface area contributed by atoms with Gasteiger partial charge in [-0.05, 0) is 12.1 Å². The molecule has 0 spiro atoms. The second kappa shape index (κ2) is 8.37. The number of carbonyl (C=O) groups is 1. The number of ether oxygens (including phenoxy) is 1. The van der Waals surface area contributed by atoms with Crippen molar-refractivity contribution in [3.63, 3.8) is 0 Å². The van der Waals surface area contributed by atoms with Crippen LogP contribution in [0.25, 0.3) is 21.9 Å². The summed E-state index contributed by atoms with van der Waals surface area (Å²) in [6, 6.07) is 18.8. The molecule has 2 aromatic heterocycles. The molecule has 0 N–H and O–H groups in total. The molecule has 0 saturated heterocycles. The summed E-state index contributed by atoms with van der Waals surface area (Å²) in [7, 11) is 0. The molecule has 5 nitrogen and oxygen atoms in total. The number of esters is 1. The molecule has 0 bridgehead atoms. The largest absolute Gasteiger partial charge is 0.459 e. The minimum absolute atomic E-state index is 0.0560. The third kappa shape index (κ3) is 4.47. The summed E-state index contributed by atoms with van der Waals surface area (Å²) in [5.41, 5.74) is 3.07. The SMILES string of the molecule is O=C(Cc1csc(-c2cccc(Cl)c2)n1)OCc1cc(-c2ccccc2)on1. The molecule has 0 aliphatic carbocycles. The van der Waals surface area contributed by atoms with E-state index in [0.29, 0.717) is 22.2 Å². The lowest BCUT2D eigenvalue weighted by Gasteiger charge is -2.00. The first-order valence-corrected chi connectivity index (χ1v) is 9.80. The lowest BCUT2D eigenvalue weighted by atomic mass is 10.2. The summed E-state index contributed by atoms with van der Waals surface area (Å²) < 4.78 is 10.6. The van der Waals surface area contributed by atoms with Crippen LogP contribution in [0.15, 0.2) is 70.6 Å². The van der Waals surface area contributed by atoms with E-state index in [2.05, 4.69) is 10.1 Å². The average Bonchev–Trinajstić information content (AvgIpc) is 3.37. The van der Waals surface area contributed by atoms with Crippen molar-refractivity contribution in [1.82, 2.24) is 10.1 Å². The molecule has 2 heterocycles. The monoisotopic (exact) mass is 410 g/mol. The van der Waals surface area contributed by atoms with Crippen molar-refractivity contribution in [1.29, 1.82) is 0 Å². The Hall–Kier alpha value is -2.96. The van der Waals surface area contributed by atoms with Gasteiger partial charge in [-0.3, -0.25) is 4.79 Å². The Kier molecular flexibility index (Phi) is 5.50. The van der Waals surface area contributed by atoms with Gasteiger partial charge >= 0.3 is 5.97 Å². The van der Waals surface area contributed by atoms with E-state index >= 15 is 0 Å². The first-order valence-electron chi connectivity index (χ1n) is 8.54. The number of benzene rings is 2. The molecular weight excluding hydrogens is 396 g/mol. The van der Waals surface area contributed by atoms with Gasteiger partial charge in [0.2, 0.25) is 0 Å².